The maximum Gasteiger partial charge on any atom is 0.195 e. The van der Waals surface area contributed by atoms with E-state index in [1.807, 2.05) is 78.9 Å². The standard InChI is InChI=1S/C56H34N4/c1-57-51-32-16-29-41(53(51)48-27-12-11-26-44(48)45-33-34-49-43-25-10-9-24-42(43)46-30-15-31-47(45)52(46)49)39-22-14-21-38(35-39)40-23-8-13-28-50(40)56-59-54(36-17-4-2-5-18-36)58-55(60-56)37-19-6-3-7-20-37/h2-35H. The van der Waals surface area contributed by atoms with Crippen molar-refractivity contribution in [2.75, 3.05) is 0 Å². The van der Waals surface area contributed by atoms with Gasteiger partial charge in [-0.3, -0.25) is 0 Å². The van der Waals surface area contributed by atoms with E-state index in [2.05, 4.69) is 132 Å². The number of aromatic nitrogens is 3. The van der Waals surface area contributed by atoms with Crippen LogP contribution in [0.2, 0.25) is 0 Å². The summed E-state index contributed by atoms with van der Waals surface area (Å²) in [5, 5.41) is 2.49. The van der Waals surface area contributed by atoms with Gasteiger partial charge >= 0.3 is 0 Å². The number of rotatable bonds is 7. The molecule has 1 aliphatic carbocycles. The first-order valence-corrected chi connectivity index (χ1v) is 20.1. The summed E-state index contributed by atoms with van der Waals surface area (Å²) in [7, 11) is 0. The van der Waals surface area contributed by atoms with Gasteiger partial charge in [0, 0.05) is 16.7 Å². The SMILES string of the molecule is [C-]#[N+]c1cccc(-c2cccc(-c3ccccc3-c3nc(-c4ccccc4)nc(-c4ccccc4)n3)c2)c1-c1ccccc1-c1ccc2c3c(cccc13)-c1ccccc1-2. The van der Waals surface area contributed by atoms with Crippen molar-refractivity contribution in [1.82, 2.24) is 15.0 Å². The van der Waals surface area contributed by atoms with E-state index in [0.717, 1.165) is 61.2 Å². The summed E-state index contributed by atoms with van der Waals surface area (Å²) in [6.45, 7) is 8.40. The van der Waals surface area contributed by atoms with Crippen molar-refractivity contribution < 1.29 is 0 Å². The van der Waals surface area contributed by atoms with Gasteiger partial charge < -0.3 is 0 Å². The first-order valence-electron chi connectivity index (χ1n) is 20.1. The molecule has 9 aromatic carbocycles. The summed E-state index contributed by atoms with van der Waals surface area (Å²) in [6.07, 6.45) is 0. The molecule has 0 saturated carbocycles. The van der Waals surface area contributed by atoms with E-state index in [1.54, 1.807) is 0 Å². The van der Waals surface area contributed by atoms with Crippen molar-refractivity contribution in [3.63, 3.8) is 0 Å². The van der Waals surface area contributed by atoms with Crippen molar-refractivity contribution >= 4 is 16.5 Å². The van der Waals surface area contributed by atoms with Gasteiger partial charge in [-0.1, -0.05) is 200 Å². The first-order chi connectivity index (χ1) is 29.7. The zero-order chi connectivity index (χ0) is 40.0. The lowest BCUT2D eigenvalue weighted by Gasteiger charge is -2.19. The molecule has 0 N–H and O–H groups in total. The predicted octanol–water partition coefficient (Wildman–Crippen LogP) is 14.9. The van der Waals surface area contributed by atoms with Gasteiger partial charge in [-0.15, -0.1) is 0 Å². The summed E-state index contributed by atoms with van der Waals surface area (Å²) >= 11 is 0. The monoisotopic (exact) mass is 762 g/mol. The fourth-order valence-electron chi connectivity index (χ4n) is 8.85. The zero-order valence-electron chi connectivity index (χ0n) is 32.4. The Morgan fingerprint density at radius 2 is 0.733 bits per heavy atom. The summed E-state index contributed by atoms with van der Waals surface area (Å²) < 4.78 is 0. The number of fused-ring (bicyclic) bond motifs is 3. The third-order valence-corrected chi connectivity index (χ3v) is 11.5. The molecule has 0 unspecified atom stereocenters. The molecule has 1 heterocycles. The molecular formula is C56H34N4. The van der Waals surface area contributed by atoms with Crippen LogP contribution in [0.5, 0.6) is 0 Å². The minimum Gasteiger partial charge on any atom is -0.237 e. The van der Waals surface area contributed by atoms with Crippen molar-refractivity contribution in [1.29, 1.82) is 0 Å². The van der Waals surface area contributed by atoms with Crippen molar-refractivity contribution in [2.24, 2.45) is 0 Å². The van der Waals surface area contributed by atoms with Crippen LogP contribution in [0.1, 0.15) is 0 Å². The van der Waals surface area contributed by atoms with E-state index < -0.39 is 0 Å². The molecule has 278 valence electrons. The van der Waals surface area contributed by atoms with Crippen LogP contribution >= 0.6 is 0 Å². The van der Waals surface area contributed by atoms with Crippen LogP contribution in [0.15, 0.2) is 206 Å². The Morgan fingerprint density at radius 3 is 1.38 bits per heavy atom. The molecule has 4 heteroatoms. The molecule has 1 aromatic heterocycles. The van der Waals surface area contributed by atoms with Gasteiger partial charge in [0.2, 0.25) is 0 Å². The molecule has 0 radical (unpaired) electrons. The Morgan fingerprint density at radius 1 is 0.300 bits per heavy atom. The molecule has 1 aliphatic rings. The van der Waals surface area contributed by atoms with Gasteiger partial charge in [-0.05, 0) is 83.6 Å². The predicted molar refractivity (Wildman–Crippen MR) is 246 cm³/mol. The number of nitrogens with zero attached hydrogens (tertiary/aromatic N) is 4. The zero-order valence-corrected chi connectivity index (χ0v) is 32.4. The molecule has 0 amide bonds. The number of hydrogen-bond donors (Lipinski definition) is 0. The summed E-state index contributed by atoms with van der Waals surface area (Å²) in [4.78, 5) is 19.2. The van der Waals surface area contributed by atoms with Gasteiger partial charge in [0.05, 0.1) is 6.57 Å². The summed E-state index contributed by atoms with van der Waals surface area (Å²) in [5.74, 6) is 1.83. The van der Waals surface area contributed by atoms with Gasteiger partial charge in [-0.25, -0.2) is 19.8 Å². The van der Waals surface area contributed by atoms with Crippen molar-refractivity contribution in [2.45, 2.75) is 0 Å². The van der Waals surface area contributed by atoms with E-state index in [4.69, 9.17) is 21.5 Å². The second-order valence-corrected chi connectivity index (χ2v) is 15.0. The second kappa shape index (κ2) is 14.6. The average Bonchev–Trinajstić information content (AvgIpc) is 3.66. The number of hydrogen-bond acceptors (Lipinski definition) is 3. The van der Waals surface area contributed by atoms with Crippen molar-refractivity contribution in [3.8, 4) is 101 Å². The maximum atomic E-state index is 8.40. The van der Waals surface area contributed by atoms with Gasteiger partial charge in [0.15, 0.2) is 23.2 Å². The van der Waals surface area contributed by atoms with Crippen LogP contribution in [0.3, 0.4) is 0 Å². The Kier molecular flexibility index (Phi) is 8.50. The molecule has 4 nitrogen and oxygen atoms in total. The molecule has 10 aromatic rings. The van der Waals surface area contributed by atoms with E-state index in [1.165, 1.54) is 33.0 Å². The van der Waals surface area contributed by atoms with E-state index in [9.17, 15) is 0 Å². The fraction of sp³-hybridized carbons (Fsp3) is 0. The fourth-order valence-corrected chi connectivity index (χ4v) is 8.85. The molecule has 0 saturated heterocycles. The normalized spacial score (nSPS) is 11.3. The Balaban J connectivity index is 1.06. The highest BCUT2D eigenvalue weighted by atomic mass is 15.0. The smallest absolute Gasteiger partial charge is 0.195 e. The first kappa shape index (κ1) is 34.9. The Hall–Kier alpha value is -8.26. The molecule has 0 fully saturated rings. The highest BCUT2D eigenvalue weighted by molar-refractivity contribution is 6.19. The quantitative estimate of drug-likeness (QED) is 0.152. The van der Waals surface area contributed by atoms with Crippen LogP contribution < -0.4 is 0 Å². The lowest BCUT2D eigenvalue weighted by atomic mass is 9.85. The maximum absolute atomic E-state index is 8.40. The molecule has 0 spiro atoms. The van der Waals surface area contributed by atoms with Gasteiger partial charge in [0.25, 0.3) is 0 Å². The Bertz CT molecular complexity index is 3240. The van der Waals surface area contributed by atoms with Crippen LogP contribution in [-0.2, 0) is 0 Å². The lowest BCUT2D eigenvalue weighted by Crippen LogP contribution is -2.01. The molecule has 0 atom stereocenters. The van der Waals surface area contributed by atoms with Crippen molar-refractivity contribution in [3.05, 3.63) is 218 Å². The Labute approximate surface area is 348 Å². The highest BCUT2D eigenvalue weighted by Crippen LogP contribution is 2.51. The topological polar surface area (TPSA) is 43.0 Å². The highest BCUT2D eigenvalue weighted by Gasteiger charge is 2.24. The van der Waals surface area contributed by atoms with E-state index >= 15 is 0 Å². The van der Waals surface area contributed by atoms with Gasteiger partial charge in [-0.2, -0.15) is 0 Å². The molecule has 0 bridgehead atoms. The second-order valence-electron chi connectivity index (χ2n) is 15.0. The molecule has 60 heavy (non-hydrogen) atoms. The molecule has 0 aliphatic heterocycles. The van der Waals surface area contributed by atoms with Crippen LogP contribution in [-0.4, -0.2) is 15.0 Å². The lowest BCUT2D eigenvalue weighted by molar-refractivity contribution is 1.07. The van der Waals surface area contributed by atoms with Crippen LogP contribution in [0, 0.1) is 6.57 Å². The van der Waals surface area contributed by atoms with Crippen LogP contribution in [0.4, 0.5) is 5.69 Å². The third kappa shape index (κ3) is 5.88. The molecule has 11 rings (SSSR count). The molecular weight excluding hydrogens is 729 g/mol. The minimum atomic E-state index is 0.599. The summed E-state index contributed by atoms with van der Waals surface area (Å²) in [5.41, 5.74) is 16.6. The minimum absolute atomic E-state index is 0.599. The largest absolute Gasteiger partial charge is 0.237 e. The van der Waals surface area contributed by atoms with Gasteiger partial charge in [0.1, 0.15) is 0 Å². The summed E-state index contributed by atoms with van der Waals surface area (Å²) in [6, 6.07) is 71.4. The third-order valence-electron chi connectivity index (χ3n) is 11.5. The average molecular weight is 763 g/mol. The van der Waals surface area contributed by atoms with Crippen LogP contribution in [0.25, 0.3) is 117 Å². The number of benzene rings is 9. The van der Waals surface area contributed by atoms with E-state index in [0.29, 0.717) is 23.2 Å². The van der Waals surface area contributed by atoms with E-state index in [-0.39, 0.29) is 0 Å².